The molecule has 0 saturated carbocycles. The number of aliphatic hydroxyl groups is 1. The molecule has 0 aliphatic carbocycles. The zero-order chi connectivity index (χ0) is 14.0. The predicted molar refractivity (Wildman–Crippen MR) is 77.5 cm³/mol. The number of methoxy groups -OCH3 is 1. The quantitative estimate of drug-likeness (QED) is 0.881. The second-order valence-corrected chi connectivity index (χ2v) is 5.10. The molecule has 19 heavy (non-hydrogen) atoms. The number of hydrogen-bond donors (Lipinski definition) is 2. The van der Waals surface area contributed by atoms with Crippen molar-refractivity contribution in [2.45, 2.75) is 33.3 Å². The Morgan fingerprint density at radius 2 is 2.00 bits per heavy atom. The van der Waals surface area contributed by atoms with Crippen molar-refractivity contribution in [1.82, 2.24) is 4.98 Å². The number of benzene rings is 1. The first-order valence-corrected chi connectivity index (χ1v) is 6.54. The highest BCUT2D eigenvalue weighted by Crippen LogP contribution is 2.31. The number of ether oxygens (including phenoxy) is 1. The van der Waals surface area contributed by atoms with Gasteiger partial charge in [-0.1, -0.05) is 13.8 Å². The monoisotopic (exact) mass is 259 g/mol. The van der Waals surface area contributed by atoms with Crippen LogP contribution in [0.4, 0.5) is 0 Å². The summed E-state index contributed by atoms with van der Waals surface area (Å²) >= 11 is 0. The molecule has 0 fully saturated rings. The first-order chi connectivity index (χ1) is 9.06. The number of H-pyrrole nitrogens is 1. The Hall–Kier alpha value is -1.74. The zero-order valence-electron chi connectivity index (χ0n) is 11.9. The van der Waals surface area contributed by atoms with E-state index >= 15 is 0 Å². The minimum atomic E-state index is 0.0650. The van der Waals surface area contributed by atoms with E-state index in [1.54, 1.807) is 7.11 Å². The van der Waals surface area contributed by atoms with Gasteiger partial charge in [0.05, 0.1) is 13.7 Å². The third kappa shape index (κ3) is 2.66. The Kier molecular flexibility index (Phi) is 3.96. The van der Waals surface area contributed by atoms with Gasteiger partial charge in [0, 0.05) is 11.4 Å². The number of aliphatic hydroxyl groups excluding tert-OH is 1. The van der Waals surface area contributed by atoms with Crippen LogP contribution in [0.25, 0.3) is 11.3 Å². The lowest BCUT2D eigenvalue weighted by atomic mass is 9.98. The van der Waals surface area contributed by atoms with E-state index < -0.39 is 0 Å². The van der Waals surface area contributed by atoms with Crippen molar-refractivity contribution in [1.29, 1.82) is 0 Å². The smallest absolute Gasteiger partial charge is 0.122 e. The largest absolute Gasteiger partial charge is 0.496 e. The number of aryl methyl sites for hydroxylation is 1. The van der Waals surface area contributed by atoms with Gasteiger partial charge in [-0.2, -0.15) is 0 Å². The number of aromatic amines is 1. The summed E-state index contributed by atoms with van der Waals surface area (Å²) in [5.74, 6) is 1.33. The van der Waals surface area contributed by atoms with Crippen LogP contribution in [0.3, 0.4) is 0 Å². The van der Waals surface area contributed by atoms with Crippen LogP contribution in [0, 0.1) is 6.92 Å². The molecule has 0 radical (unpaired) electrons. The topological polar surface area (TPSA) is 45.2 Å². The Balaban J connectivity index is 2.47. The molecule has 1 heterocycles. The van der Waals surface area contributed by atoms with Crippen molar-refractivity contribution < 1.29 is 9.84 Å². The van der Waals surface area contributed by atoms with Crippen molar-refractivity contribution in [3.63, 3.8) is 0 Å². The van der Waals surface area contributed by atoms with Crippen LogP contribution in [-0.4, -0.2) is 17.2 Å². The summed E-state index contributed by atoms with van der Waals surface area (Å²) in [5, 5.41) is 9.26. The maximum atomic E-state index is 9.26. The van der Waals surface area contributed by atoms with Gasteiger partial charge in [-0.25, -0.2) is 0 Å². The Morgan fingerprint density at radius 1 is 1.26 bits per heavy atom. The van der Waals surface area contributed by atoms with E-state index in [0.717, 1.165) is 28.3 Å². The molecule has 0 atom stereocenters. The second kappa shape index (κ2) is 5.49. The lowest BCUT2D eigenvalue weighted by Crippen LogP contribution is -1.94. The molecule has 0 aliphatic heterocycles. The first kappa shape index (κ1) is 13.7. The zero-order valence-corrected chi connectivity index (χ0v) is 11.9. The minimum absolute atomic E-state index is 0.0650. The van der Waals surface area contributed by atoms with E-state index in [4.69, 9.17) is 4.74 Å². The highest BCUT2D eigenvalue weighted by molar-refractivity contribution is 5.64. The lowest BCUT2D eigenvalue weighted by molar-refractivity contribution is 0.281. The summed E-state index contributed by atoms with van der Waals surface area (Å²) in [5.41, 5.74) is 5.30. The predicted octanol–water partition coefficient (Wildman–Crippen LogP) is 3.61. The van der Waals surface area contributed by atoms with Crippen molar-refractivity contribution >= 4 is 0 Å². The molecule has 0 amide bonds. The fourth-order valence-corrected chi connectivity index (χ4v) is 2.27. The minimum Gasteiger partial charge on any atom is -0.496 e. The van der Waals surface area contributed by atoms with Gasteiger partial charge in [-0.05, 0) is 53.8 Å². The van der Waals surface area contributed by atoms with Crippen molar-refractivity contribution in [2.24, 2.45) is 0 Å². The van der Waals surface area contributed by atoms with Crippen molar-refractivity contribution in [3.8, 4) is 17.0 Å². The molecular formula is C16H21NO2. The third-order valence-electron chi connectivity index (χ3n) is 3.46. The van der Waals surface area contributed by atoms with Crippen LogP contribution in [0.1, 0.15) is 36.6 Å². The van der Waals surface area contributed by atoms with Crippen molar-refractivity contribution in [3.05, 3.63) is 41.1 Å². The van der Waals surface area contributed by atoms with E-state index in [0.29, 0.717) is 5.92 Å². The summed E-state index contributed by atoms with van der Waals surface area (Å²) in [6, 6.07) is 8.19. The maximum absolute atomic E-state index is 9.26. The van der Waals surface area contributed by atoms with Gasteiger partial charge in [-0.3, -0.25) is 0 Å². The normalized spacial score (nSPS) is 11.1. The van der Waals surface area contributed by atoms with Gasteiger partial charge in [0.15, 0.2) is 0 Å². The average Bonchev–Trinajstić information content (AvgIpc) is 2.79. The fourth-order valence-electron chi connectivity index (χ4n) is 2.27. The molecule has 0 unspecified atom stereocenters. The van der Waals surface area contributed by atoms with Gasteiger partial charge >= 0.3 is 0 Å². The SMILES string of the molecule is COc1ccc(-c2cc(CO)c(C)[nH]2)cc1C(C)C. The van der Waals surface area contributed by atoms with Gasteiger partial charge in [-0.15, -0.1) is 0 Å². The summed E-state index contributed by atoms with van der Waals surface area (Å²) in [7, 11) is 1.70. The maximum Gasteiger partial charge on any atom is 0.122 e. The Morgan fingerprint density at radius 3 is 2.53 bits per heavy atom. The van der Waals surface area contributed by atoms with Gasteiger partial charge in [0.1, 0.15) is 5.75 Å². The van der Waals surface area contributed by atoms with E-state index in [9.17, 15) is 5.11 Å². The highest BCUT2D eigenvalue weighted by atomic mass is 16.5. The van der Waals surface area contributed by atoms with Crippen LogP contribution in [-0.2, 0) is 6.61 Å². The molecule has 2 N–H and O–H groups in total. The molecule has 102 valence electrons. The summed E-state index contributed by atoms with van der Waals surface area (Å²) in [6.45, 7) is 6.35. The molecule has 3 heteroatoms. The summed E-state index contributed by atoms with van der Waals surface area (Å²) < 4.78 is 5.40. The molecular weight excluding hydrogens is 238 g/mol. The van der Waals surface area contributed by atoms with Crippen LogP contribution >= 0.6 is 0 Å². The molecule has 2 rings (SSSR count). The standard InChI is InChI=1S/C16H21NO2/c1-10(2)14-7-12(5-6-16(14)19-4)15-8-13(9-18)11(3)17-15/h5-8,10,17-18H,9H2,1-4H3. The average molecular weight is 259 g/mol. The van der Waals surface area contributed by atoms with Crippen LogP contribution in [0.5, 0.6) is 5.75 Å². The number of aromatic nitrogens is 1. The number of nitrogens with one attached hydrogen (secondary N) is 1. The number of hydrogen-bond acceptors (Lipinski definition) is 2. The Bertz CT molecular complexity index is 570. The molecule has 0 saturated heterocycles. The molecule has 1 aromatic heterocycles. The highest BCUT2D eigenvalue weighted by Gasteiger charge is 2.11. The molecule has 0 aliphatic rings. The van der Waals surface area contributed by atoms with E-state index in [1.165, 1.54) is 5.56 Å². The van der Waals surface area contributed by atoms with Gasteiger partial charge in [0.2, 0.25) is 0 Å². The van der Waals surface area contributed by atoms with E-state index in [-0.39, 0.29) is 6.61 Å². The van der Waals surface area contributed by atoms with Crippen LogP contribution < -0.4 is 4.74 Å². The summed E-state index contributed by atoms with van der Waals surface area (Å²) in [4.78, 5) is 3.31. The third-order valence-corrected chi connectivity index (χ3v) is 3.46. The molecule has 1 aromatic carbocycles. The van der Waals surface area contributed by atoms with Crippen LogP contribution in [0.15, 0.2) is 24.3 Å². The van der Waals surface area contributed by atoms with E-state index in [1.807, 2.05) is 25.1 Å². The van der Waals surface area contributed by atoms with Gasteiger partial charge in [0.25, 0.3) is 0 Å². The Labute approximate surface area is 114 Å². The van der Waals surface area contributed by atoms with Crippen molar-refractivity contribution in [2.75, 3.05) is 7.11 Å². The second-order valence-electron chi connectivity index (χ2n) is 5.10. The lowest BCUT2D eigenvalue weighted by Gasteiger charge is -2.13. The van der Waals surface area contributed by atoms with Gasteiger partial charge < -0.3 is 14.8 Å². The number of rotatable bonds is 4. The van der Waals surface area contributed by atoms with Crippen LogP contribution in [0.2, 0.25) is 0 Å². The van der Waals surface area contributed by atoms with E-state index in [2.05, 4.69) is 24.9 Å². The summed E-state index contributed by atoms with van der Waals surface area (Å²) in [6.07, 6.45) is 0. The first-order valence-electron chi connectivity index (χ1n) is 6.54. The molecule has 0 spiro atoms. The molecule has 3 nitrogen and oxygen atoms in total. The molecule has 0 bridgehead atoms. The fraction of sp³-hybridized carbons (Fsp3) is 0.375. The molecule has 2 aromatic rings.